The van der Waals surface area contributed by atoms with Gasteiger partial charge in [0, 0.05) is 0 Å². The van der Waals surface area contributed by atoms with Gasteiger partial charge < -0.3 is 8.92 Å². The van der Waals surface area contributed by atoms with E-state index in [1.165, 1.54) is 12.1 Å². The molecule has 0 aliphatic carbocycles. The van der Waals surface area contributed by atoms with Gasteiger partial charge in [0.25, 0.3) is 0 Å². The van der Waals surface area contributed by atoms with Crippen molar-refractivity contribution in [2.75, 3.05) is 6.26 Å². The zero-order valence-corrected chi connectivity index (χ0v) is 10.4. The van der Waals surface area contributed by atoms with Gasteiger partial charge in [0.2, 0.25) is 0 Å². The number of benzene rings is 1. The quantitative estimate of drug-likeness (QED) is 0.584. The van der Waals surface area contributed by atoms with Crippen molar-refractivity contribution in [2.24, 2.45) is 0 Å². The second kappa shape index (κ2) is 6.02. The number of carbonyl (C=O) groups is 1. The van der Waals surface area contributed by atoms with Crippen LogP contribution in [0.2, 0.25) is 0 Å². The maximum atomic E-state index is 11.0. The lowest BCUT2D eigenvalue weighted by molar-refractivity contribution is -0.143. The molecule has 0 aromatic heterocycles. The summed E-state index contributed by atoms with van der Waals surface area (Å²) < 4.78 is 31.3. The molecule has 96 valence electrons. The van der Waals surface area contributed by atoms with E-state index in [9.17, 15) is 13.2 Å². The minimum Gasteiger partial charge on any atom is -0.460 e. The minimum absolute atomic E-state index is 0.0402. The molecule has 0 aliphatic rings. The molecule has 0 bridgehead atoms. The van der Waals surface area contributed by atoms with Gasteiger partial charge in [0.1, 0.15) is 18.8 Å². The van der Waals surface area contributed by atoms with Gasteiger partial charge in [-0.1, -0.05) is 12.1 Å². The van der Waals surface area contributed by atoms with Gasteiger partial charge in [-0.15, -0.1) is 0 Å². The Morgan fingerprint density at radius 2 is 2.17 bits per heavy atom. The number of rotatable bonds is 5. The van der Waals surface area contributed by atoms with E-state index in [1.807, 2.05) is 0 Å². The van der Waals surface area contributed by atoms with Crippen molar-refractivity contribution in [1.82, 2.24) is 0 Å². The number of carbonyl (C=O) groups excluding carboxylic acids is 1. The van der Waals surface area contributed by atoms with Crippen LogP contribution in [0.15, 0.2) is 24.3 Å². The molecular formula is C11H11NO5S. The largest absolute Gasteiger partial charge is 0.460 e. The second-order valence-corrected chi connectivity index (χ2v) is 5.01. The fourth-order valence-corrected chi connectivity index (χ4v) is 1.59. The lowest BCUT2D eigenvalue weighted by Crippen LogP contribution is -2.06. The summed E-state index contributed by atoms with van der Waals surface area (Å²) in [5, 5.41) is 8.27. The van der Waals surface area contributed by atoms with Crippen LogP contribution in [0.3, 0.4) is 0 Å². The monoisotopic (exact) mass is 269 g/mol. The van der Waals surface area contributed by atoms with Crippen LogP contribution < -0.4 is 4.18 Å². The van der Waals surface area contributed by atoms with Crippen LogP contribution in [-0.4, -0.2) is 20.6 Å². The molecule has 0 N–H and O–H groups in total. The molecule has 0 aliphatic heterocycles. The minimum atomic E-state index is -3.58. The van der Waals surface area contributed by atoms with E-state index < -0.39 is 16.1 Å². The Bertz CT molecular complexity index is 573. The van der Waals surface area contributed by atoms with Crippen molar-refractivity contribution in [3.63, 3.8) is 0 Å². The van der Waals surface area contributed by atoms with Gasteiger partial charge in [0.15, 0.2) is 0 Å². The summed E-state index contributed by atoms with van der Waals surface area (Å²) in [4.78, 5) is 11.0. The highest BCUT2D eigenvalue weighted by Crippen LogP contribution is 2.15. The highest BCUT2D eigenvalue weighted by molar-refractivity contribution is 7.86. The third-order valence-electron chi connectivity index (χ3n) is 1.77. The smallest absolute Gasteiger partial charge is 0.320 e. The van der Waals surface area contributed by atoms with E-state index in [2.05, 4.69) is 4.18 Å². The van der Waals surface area contributed by atoms with E-state index in [0.717, 1.165) is 6.26 Å². The summed E-state index contributed by atoms with van der Waals surface area (Å²) in [6.07, 6.45) is 0.617. The average Bonchev–Trinajstić information content (AvgIpc) is 2.25. The fraction of sp³-hybridized carbons (Fsp3) is 0.273. The van der Waals surface area contributed by atoms with Gasteiger partial charge in [-0.2, -0.15) is 13.7 Å². The molecular weight excluding hydrogens is 258 g/mol. The van der Waals surface area contributed by atoms with Crippen molar-refractivity contribution in [3.05, 3.63) is 29.8 Å². The first-order valence-corrected chi connectivity index (χ1v) is 6.73. The standard InChI is InChI=1S/C11H11NO5S/c1-18(14,15)17-10-4-2-3-9(7-10)8-16-11(13)5-6-12/h2-4,7H,5,8H2,1H3. The normalized spacial score (nSPS) is 10.4. The Balaban J connectivity index is 2.66. The molecule has 0 saturated carbocycles. The van der Waals surface area contributed by atoms with E-state index >= 15 is 0 Å². The molecule has 18 heavy (non-hydrogen) atoms. The summed E-state index contributed by atoms with van der Waals surface area (Å²) in [7, 11) is -3.58. The van der Waals surface area contributed by atoms with Crippen molar-refractivity contribution in [1.29, 1.82) is 5.26 Å². The molecule has 0 amide bonds. The Labute approximate surface area is 105 Å². The molecule has 1 aromatic rings. The Morgan fingerprint density at radius 1 is 1.44 bits per heavy atom. The number of nitriles is 1. The summed E-state index contributed by atoms with van der Waals surface area (Å²) in [5.41, 5.74) is 0.572. The molecule has 7 heteroatoms. The predicted octanol–water partition coefficient (Wildman–Crippen LogP) is 0.982. The van der Waals surface area contributed by atoms with Crippen molar-refractivity contribution in [3.8, 4) is 11.8 Å². The van der Waals surface area contributed by atoms with Crippen LogP contribution in [0.1, 0.15) is 12.0 Å². The topological polar surface area (TPSA) is 93.5 Å². The second-order valence-electron chi connectivity index (χ2n) is 3.43. The Morgan fingerprint density at radius 3 is 2.78 bits per heavy atom. The number of esters is 1. The van der Waals surface area contributed by atoms with Crippen molar-refractivity contribution >= 4 is 16.1 Å². The fourth-order valence-electron chi connectivity index (χ4n) is 1.14. The number of nitrogens with zero attached hydrogens (tertiary/aromatic N) is 1. The summed E-state index contributed by atoms with van der Waals surface area (Å²) in [6.45, 7) is -0.0402. The Hall–Kier alpha value is -2.07. The number of ether oxygens (including phenoxy) is 1. The number of hydrogen-bond acceptors (Lipinski definition) is 6. The lowest BCUT2D eigenvalue weighted by atomic mass is 10.2. The SMILES string of the molecule is CS(=O)(=O)Oc1cccc(COC(=O)CC#N)c1. The zero-order valence-electron chi connectivity index (χ0n) is 9.62. The predicted molar refractivity (Wildman–Crippen MR) is 61.9 cm³/mol. The molecule has 0 spiro atoms. The maximum Gasteiger partial charge on any atom is 0.320 e. The highest BCUT2D eigenvalue weighted by atomic mass is 32.2. The molecule has 0 saturated heterocycles. The van der Waals surface area contributed by atoms with Gasteiger partial charge in [-0.05, 0) is 17.7 Å². The van der Waals surface area contributed by atoms with E-state index in [1.54, 1.807) is 18.2 Å². The summed E-state index contributed by atoms with van der Waals surface area (Å²) in [6, 6.07) is 7.81. The third kappa shape index (κ3) is 5.32. The lowest BCUT2D eigenvalue weighted by Gasteiger charge is -2.06. The zero-order chi connectivity index (χ0) is 13.6. The molecule has 6 nitrogen and oxygen atoms in total. The van der Waals surface area contributed by atoms with Crippen LogP contribution in [0.5, 0.6) is 5.75 Å². The summed E-state index contributed by atoms with van der Waals surface area (Å²) in [5.74, 6) is -0.488. The van der Waals surface area contributed by atoms with Crippen LogP contribution >= 0.6 is 0 Å². The molecule has 0 heterocycles. The van der Waals surface area contributed by atoms with Crippen LogP contribution in [0.4, 0.5) is 0 Å². The van der Waals surface area contributed by atoms with Crippen LogP contribution in [0.25, 0.3) is 0 Å². The van der Waals surface area contributed by atoms with Crippen molar-refractivity contribution in [2.45, 2.75) is 13.0 Å². The first-order valence-electron chi connectivity index (χ1n) is 4.91. The maximum absolute atomic E-state index is 11.0. The van der Waals surface area contributed by atoms with Crippen molar-refractivity contribution < 1.29 is 22.1 Å². The van der Waals surface area contributed by atoms with Gasteiger partial charge in [-0.3, -0.25) is 4.79 Å². The molecule has 1 rings (SSSR count). The van der Waals surface area contributed by atoms with Gasteiger partial charge in [0.05, 0.1) is 12.3 Å². The summed E-state index contributed by atoms with van der Waals surface area (Å²) >= 11 is 0. The van der Waals surface area contributed by atoms with Gasteiger partial charge in [-0.25, -0.2) is 0 Å². The third-order valence-corrected chi connectivity index (χ3v) is 2.26. The number of hydrogen-bond donors (Lipinski definition) is 0. The van der Waals surface area contributed by atoms with E-state index in [0.29, 0.717) is 5.56 Å². The molecule has 0 atom stereocenters. The van der Waals surface area contributed by atoms with E-state index in [4.69, 9.17) is 10.00 Å². The van der Waals surface area contributed by atoms with Crippen LogP contribution in [0, 0.1) is 11.3 Å². The highest BCUT2D eigenvalue weighted by Gasteiger charge is 2.06. The first kappa shape index (κ1) is 14.0. The first-order chi connectivity index (χ1) is 8.40. The van der Waals surface area contributed by atoms with Gasteiger partial charge >= 0.3 is 16.1 Å². The Kier molecular flexibility index (Phi) is 4.68. The average molecular weight is 269 g/mol. The molecule has 1 aromatic carbocycles. The van der Waals surface area contributed by atoms with E-state index in [-0.39, 0.29) is 18.8 Å². The molecule has 0 fully saturated rings. The van der Waals surface area contributed by atoms with Crippen LogP contribution in [-0.2, 0) is 26.3 Å². The molecule has 0 unspecified atom stereocenters. The molecule has 0 radical (unpaired) electrons.